The zero-order valence-electron chi connectivity index (χ0n) is 16.5. The smallest absolute Gasteiger partial charge is 0.0293 e. The SMILES string of the molecule is c1ccc2c(c1)-c1ccccc1C2(CP1CCCCC1)CP1CCCCC1. The quantitative estimate of drug-likeness (QED) is 0.478. The van der Waals surface area contributed by atoms with Crippen LogP contribution in [0.3, 0.4) is 0 Å². The lowest BCUT2D eigenvalue weighted by Crippen LogP contribution is -2.34. The van der Waals surface area contributed by atoms with Crippen LogP contribution in [0.15, 0.2) is 48.5 Å². The van der Waals surface area contributed by atoms with Crippen LogP contribution in [0.2, 0.25) is 0 Å². The van der Waals surface area contributed by atoms with Crippen molar-refractivity contribution < 1.29 is 0 Å². The average molecular weight is 394 g/mol. The van der Waals surface area contributed by atoms with Crippen molar-refractivity contribution in [2.75, 3.05) is 37.0 Å². The van der Waals surface area contributed by atoms with Gasteiger partial charge in [-0.05, 0) is 84.9 Å². The third-order valence-electron chi connectivity index (χ3n) is 7.06. The molecular weight excluding hydrogens is 362 g/mol. The van der Waals surface area contributed by atoms with Gasteiger partial charge in [0.1, 0.15) is 0 Å². The van der Waals surface area contributed by atoms with Crippen LogP contribution in [-0.4, -0.2) is 37.0 Å². The van der Waals surface area contributed by atoms with E-state index in [1.54, 1.807) is 22.3 Å². The maximum atomic E-state index is 2.49. The molecule has 3 aliphatic rings. The summed E-state index contributed by atoms with van der Waals surface area (Å²) in [6, 6.07) is 18.9. The first-order valence-electron chi connectivity index (χ1n) is 11.0. The van der Waals surface area contributed by atoms with E-state index in [4.69, 9.17) is 0 Å². The summed E-state index contributed by atoms with van der Waals surface area (Å²) in [7, 11) is 0.407. The highest BCUT2D eigenvalue weighted by Gasteiger charge is 2.45. The fourth-order valence-corrected chi connectivity index (χ4v) is 12.2. The molecule has 2 aliphatic heterocycles. The molecule has 0 radical (unpaired) electrons. The van der Waals surface area contributed by atoms with Gasteiger partial charge in [0.2, 0.25) is 0 Å². The molecule has 0 nitrogen and oxygen atoms in total. The first-order valence-corrected chi connectivity index (χ1v) is 14.8. The summed E-state index contributed by atoms with van der Waals surface area (Å²) in [5.74, 6) is 0. The highest BCUT2D eigenvalue weighted by molar-refractivity contribution is 7.59. The van der Waals surface area contributed by atoms with Gasteiger partial charge in [0.25, 0.3) is 0 Å². The van der Waals surface area contributed by atoms with Gasteiger partial charge in [0, 0.05) is 5.41 Å². The first-order chi connectivity index (χ1) is 13.4. The Bertz CT molecular complexity index is 717. The van der Waals surface area contributed by atoms with Crippen LogP contribution in [0.4, 0.5) is 0 Å². The van der Waals surface area contributed by atoms with Gasteiger partial charge >= 0.3 is 0 Å². The standard InChI is InChI=1S/C25H32P2/c1-7-15-26(16-8-1)19-25(20-27-17-9-2-10-18-27)23-13-5-3-11-21(23)22-12-4-6-14-24(22)25/h3-6,11-14H,1-2,7-10,15-20H2. The van der Waals surface area contributed by atoms with Crippen molar-refractivity contribution in [3.8, 4) is 11.1 Å². The molecular formula is C25H32P2. The lowest BCUT2D eigenvalue weighted by Gasteiger charge is -2.40. The minimum absolute atomic E-state index is 0.203. The van der Waals surface area contributed by atoms with Crippen LogP contribution < -0.4 is 0 Å². The molecule has 5 rings (SSSR count). The maximum Gasteiger partial charge on any atom is 0.0293 e. The van der Waals surface area contributed by atoms with E-state index in [2.05, 4.69) is 48.5 Å². The van der Waals surface area contributed by atoms with Gasteiger partial charge < -0.3 is 0 Å². The number of rotatable bonds is 4. The van der Waals surface area contributed by atoms with Crippen LogP contribution in [0.25, 0.3) is 11.1 Å². The van der Waals surface area contributed by atoms with Crippen molar-refractivity contribution >= 4 is 15.8 Å². The van der Waals surface area contributed by atoms with Gasteiger partial charge in [-0.3, -0.25) is 0 Å². The fraction of sp³-hybridized carbons (Fsp3) is 0.520. The Morgan fingerprint density at radius 2 is 0.963 bits per heavy atom. The highest BCUT2D eigenvalue weighted by Crippen LogP contribution is 2.60. The first kappa shape index (κ1) is 18.3. The van der Waals surface area contributed by atoms with Crippen LogP contribution in [-0.2, 0) is 5.41 Å². The Hall–Kier alpha value is -0.700. The summed E-state index contributed by atoms with van der Waals surface area (Å²) < 4.78 is 0. The zero-order valence-corrected chi connectivity index (χ0v) is 18.3. The van der Waals surface area contributed by atoms with Crippen molar-refractivity contribution in [1.82, 2.24) is 0 Å². The van der Waals surface area contributed by atoms with Gasteiger partial charge in [-0.25, -0.2) is 0 Å². The molecule has 2 fully saturated rings. The van der Waals surface area contributed by atoms with E-state index in [1.165, 1.54) is 75.5 Å². The second kappa shape index (κ2) is 7.97. The van der Waals surface area contributed by atoms with Crippen LogP contribution in [0.5, 0.6) is 0 Å². The number of benzene rings is 2. The van der Waals surface area contributed by atoms with Crippen molar-refractivity contribution in [3.63, 3.8) is 0 Å². The van der Waals surface area contributed by atoms with Gasteiger partial charge in [-0.15, -0.1) is 15.8 Å². The van der Waals surface area contributed by atoms with E-state index in [-0.39, 0.29) is 15.8 Å². The van der Waals surface area contributed by atoms with Crippen LogP contribution in [0, 0.1) is 0 Å². The van der Waals surface area contributed by atoms with Crippen molar-refractivity contribution in [2.45, 2.75) is 43.9 Å². The second-order valence-electron chi connectivity index (χ2n) is 8.85. The second-order valence-corrected chi connectivity index (χ2v) is 14.0. The Labute approximate surface area is 167 Å². The molecule has 2 heterocycles. The zero-order chi connectivity index (χ0) is 18.1. The summed E-state index contributed by atoms with van der Waals surface area (Å²) in [5, 5.41) is 0. The Morgan fingerprint density at radius 1 is 0.556 bits per heavy atom. The average Bonchev–Trinajstić information content (AvgIpc) is 3.00. The normalized spacial score (nSPS) is 22.4. The monoisotopic (exact) mass is 394 g/mol. The summed E-state index contributed by atoms with van der Waals surface area (Å²) in [6.07, 6.45) is 17.9. The molecule has 2 saturated heterocycles. The number of hydrogen-bond donors (Lipinski definition) is 0. The number of fused-ring (bicyclic) bond motifs is 3. The topological polar surface area (TPSA) is 0 Å². The van der Waals surface area contributed by atoms with E-state index in [1.807, 2.05) is 0 Å². The summed E-state index contributed by atoms with van der Waals surface area (Å²) in [4.78, 5) is 0. The summed E-state index contributed by atoms with van der Waals surface area (Å²) in [6.45, 7) is 0. The molecule has 0 spiro atoms. The molecule has 0 aromatic heterocycles. The minimum atomic E-state index is 0.203. The molecule has 0 N–H and O–H groups in total. The highest BCUT2D eigenvalue weighted by atomic mass is 31.1. The lowest BCUT2D eigenvalue weighted by atomic mass is 9.82. The predicted octanol–water partition coefficient (Wildman–Crippen LogP) is 7.28. The number of hydrogen-bond acceptors (Lipinski definition) is 0. The minimum Gasteiger partial charge on any atom is -0.105 e. The van der Waals surface area contributed by atoms with Crippen molar-refractivity contribution in [3.05, 3.63) is 59.7 Å². The molecule has 0 bridgehead atoms. The van der Waals surface area contributed by atoms with E-state index in [9.17, 15) is 0 Å². The Morgan fingerprint density at radius 3 is 1.41 bits per heavy atom. The lowest BCUT2D eigenvalue weighted by molar-refractivity contribution is 0.655. The predicted molar refractivity (Wildman–Crippen MR) is 123 cm³/mol. The van der Waals surface area contributed by atoms with E-state index >= 15 is 0 Å². The van der Waals surface area contributed by atoms with Gasteiger partial charge in [0.15, 0.2) is 0 Å². The molecule has 142 valence electrons. The fourth-order valence-electron chi connectivity index (χ4n) is 5.80. The maximum absolute atomic E-state index is 2.49. The third kappa shape index (κ3) is 3.43. The van der Waals surface area contributed by atoms with E-state index in [0.29, 0.717) is 5.41 Å². The summed E-state index contributed by atoms with van der Waals surface area (Å²) in [5.41, 5.74) is 6.80. The molecule has 0 amide bonds. The summed E-state index contributed by atoms with van der Waals surface area (Å²) >= 11 is 0. The molecule has 2 aromatic carbocycles. The molecule has 0 atom stereocenters. The molecule has 0 saturated carbocycles. The van der Waals surface area contributed by atoms with E-state index in [0.717, 1.165) is 0 Å². The third-order valence-corrected chi connectivity index (χ3v) is 12.8. The molecule has 2 heteroatoms. The van der Waals surface area contributed by atoms with Gasteiger partial charge in [0.05, 0.1) is 0 Å². The molecule has 27 heavy (non-hydrogen) atoms. The molecule has 1 aliphatic carbocycles. The van der Waals surface area contributed by atoms with Crippen molar-refractivity contribution in [2.24, 2.45) is 0 Å². The van der Waals surface area contributed by atoms with Crippen LogP contribution >= 0.6 is 15.8 Å². The molecule has 0 unspecified atom stereocenters. The Kier molecular flexibility index (Phi) is 5.41. The largest absolute Gasteiger partial charge is 0.105 e. The van der Waals surface area contributed by atoms with Gasteiger partial charge in [-0.1, -0.05) is 61.4 Å². The van der Waals surface area contributed by atoms with E-state index < -0.39 is 0 Å². The molecule has 2 aromatic rings. The van der Waals surface area contributed by atoms with Crippen molar-refractivity contribution in [1.29, 1.82) is 0 Å². The van der Waals surface area contributed by atoms with Gasteiger partial charge in [-0.2, -0.15) is 0 Å². The Balaban J connectivity index is 1.60. The van der Waals surface area contributed by atoms with Crippen LogP contribution in [0.1, 0.15) is 49.7 Å².